The molecule has 6 heteroatoms. The molecule has 2 saturated heterocycles. The van der Waals surface area contributed by atoms with Gasteiger partial charge in [-0.05, 0) is 35.9 Å². The zero-order valence-electron chi connectivity index (χ0n) is 14.2. The lowest BCUT2D eigenvalue weighted by atomic mass is 9.78. The van der Waals surface area contributed by atoms with Crippen LogP contribution >= 0.6 is 11.3 Å². The molecule has 5 nitrogen and oxygen atoms in total. The van der Waals surface area contributed by atoms with Gasteiger partial charge in [0.2, 0.25) is 11.8 Å². The van der Waals surface area contributed by atoms with Crippen molar-refractivity contribution in [1.29, 1.82) is 0 Å². The minimum Gasteiger partial charge on any atom is -0.341 e. The molecule has 0 unspecified atom stereocenters. The van der Waals surface area contributed by atoms with Crippen molar-refractivity contribution < 1.29 is 9.59 Å². The fourth-order valence-corrected chi connectivity index (χ4v) is 4.72. The highest BCUT2D eigenvalue weighted by molar-refractivity contribution is 7.08. The summed E-state index contributed by atoms with van der Waals surface area (Å²) in [5.41, 5.74) is 1.33. The fraction of sp³-hybridized carbons (Fsp3) is 0.421. The molecule has 0 aromatic carbocycles. The highest BCUT2D eigenvalue weighted by atomic mass is 32.1. The Kier molecular flexibility index (Phi) is 4.07. The third kappa shape index (κ3) is 2.74. The molecule has 0 radical (unpaired) electrons. The third-order valence-electron chi connectivity index (χ3n) is 5.59. The van der Waals surface area contributed by atoms with Crippen LogP contribution in [0, 0.1) is 11.3 Å². The molecule has 25 heavy (non-hydrogen) atoms. The number of carbonyl (C=O) groups is 2. The Bertz CT molecular complexity index is 777. The van der Waals surface area contributed by atoms with Crippen molar-refractivity contribution in [2.45, 2.75) is 19.8 Å². The van der Waals surface area contributed by atoms with E-state index in [4.69, 9.17) is 0 Å². The van der Waals surface area contributed by atoms with Gasteiger partial charge in [-0.25, -0.2) is 0 Å². The molecule has 2 amide bonds. The molecule has 2 fully saturated rings. The number of rotatable bonds is 3. The largest absolute Gasteiger partial charge is 0.341 e. The van der Waals surface area contributed by atoms with Gasteiger partial charge in [0.25, 0.3) is 0 Å². The Labute approximate surface area is 151 Å². The average Bonchev–Trinajstić information content (AvgIpc) is 3.31. The zero-order valence-corrected chi connectivity index (χ0v) is 15.0. The second-order valence-corrected chi connectivity index (χ2v) is 7.80. The first-order valence-electron chi connectivity index (χ1n) is 8.62. The van der Waals surface area contributed by atoms with E-state index in [1.54, 1.807) is 17.5 Å². The van der Waals surface area contributed by atoms with E-state index in [9.17, 15) is 9.59 Å². The van der Waals surface area contributed by atoms with E-state index in [1.807, 2.05) is 44.8 Å². The molecule has 2 aliphatic rings. The van der Waals surface area contributed by atoms with Gasteiger partial charge in [0.1, 0.15) is 0 Å². The number of anilines is 1. The van der Waals surface area contributed by atoms with Crippen LogP contribution in [0.5, 0.6) is 0 Å². The number of aromatic nitrogens is 1. The number of amides is 2. The van der Waals surface area contributed by atoms with Crippen LogP contribution in [-0.2, 0) is 16.0 Å². The second-order valence-electron chi connectivity index (χ2n) is 7.02. The van der Waals surface area contributed by atoms with Crippen LogP contribution in [-0.4, -0.2) is 41.3 Å². The summed E-state index contributed by atoms with van der Waals surface area (Å²) >= 11 is 1.60. The van der Waals surface area contributed by atoms with Crippen LogP contribution in [0.4, 0.5) is 5.69 Å². The predicted octanol–water partition coefficient (Wildman–Crippen LogP) is 2.59. The van der Waals surface area contributed by atoms with Gasteiger partial charge in [0.05, 0.1) is 17.5 Å². The van der Waals surface area contributed by atoms with Crippen molar-refractivity contribution in [2.24, 2.45) is 11.3 Å². The molecule has 4 heterocycles. The van der Waals surface area contributed by atoms with Gasteiger partial charge in [-0.1, -0.05) is 13.0 Å². The maximum Gasteiger partial charge on any atom is 0.235 e. The van der Waals surface area contributed by atoms with Crippen molar-refractivity contribution in [1.82, 2.24) is 9.88 Å². The minimum absolute atomic E-state index is 0.0595. The first kappa shape index (κ1) is 16.3. The van der Waals surface area contributed by atoms with Crippen molar-refractivity contribution in [3.8, 4) is 0 Å². The van der Waals surface area contributed by atoms with Crippen LogP contribution in [0.1, 0.15) is 19.0 Å². The predicted molar refractivity (Wildman–Crippen MR) is 97.4 cm³/mol. The topological polar surface area (TPSA) is 53.5 Å². The average molecular weight is 355 g/mol. The lowest BCUT2D eigenvalue weighted by Crippen LogP contribution is -2.40. The molecule has 0 saturated carbocycles. The first-order valence-corrected chi connectivity index (χ1v) is 9.56. The lowest BCUT2D eigenvalue weighted by molar-refractivity contribution is -0.130. The van der Waals surface area contributed by atoms with Gasteiger partial charge < -0.3 is 9.80 Å². The summed E-state index contributed by atoms with van der Waals surface area (Å²) in [5, 5.41) is 4.01. The van der Waals surface area contributed by atoms with Crippen LogP contribution in [0.2, 0.25) is 0 Å². The smallest absolute Gasteiger partial charge is 0.235 e. The molecule has 130 valence electrons. The number of nitrogens with zero attached hydrogens (tertiary/aromatic N) is 3. The van der Waals surface area contributed by atoms with Gasteiger partial charge in [-0.2, -0.15) is 11.3 Å². The summed E-state index contributed by atoms with van der Waals surface area (Å²) in [4.78, 5) is 33.8. The van der Waals surface area contributed by atoms with Gasteiger partial charge in [0.15, 0.2) is 0 Å². The Hall–Kier alpha value is -2.21. The van der Waals surface area contributed by atoms with E-state index < -0.39 is 5.41 Å². The maximum atomic E-state index is 13.1. The summed E-state index contributed by atoms with van der Waals surface area (Å²) < 4.78 is 0. The lowest BCUT2D eigenvalue weighted by Gasteiger charge is -2.26. The quantitative estimate of drug-likeness (QED) is 0.850. The number of likely N-dealkylation sites (tertiary alicyclic amines) is 1. The van der Waals surface area contributed by atoms with E-state index in [0.29, 0.717) is 19.5 Å². The molecule has 4 rings (SSSR count). The Morgan fingerprint density at radius 1 is 1.40 bits per heavy atom. The first-order chi connectivity index (χ1) is 12.1. The number of thiophene rings is 1. The number of pyridine rings is 1. The van der Waals surface area contributed by atoms with Crippen LogP contribution in [0.3, 0.4) is 0 Å². The molecule has 2 aromatic rings. The normalized spacial score (nSPS) is 26.0. The minimum atomic E-state index is -0.429. The van der Waals surface area contributed by atoms with Gasteiger partial charge >= 0.3 is 0 Å². The summed E-state index contributed by atoms with van der Waals surface area (Å²) in [5.74, 6) is 0.409. The summed E-state index contributed by atoms with van der Waals surface area (Å²) in [7, 11) is 0. The molecular weight excluding hydrogens is 334 g/mol. The maximum absolute atomic E-state index is 13.1. The van der Waals surface area contributed by atoms with E-state index in [-0.39, 0.29) is 17.7 Å². The summed E-state index contributed by atoms with van der Waals surface area (Å²) in [6.45, 7) is 4.01. The molecule has 0 aliphatic carbocycles. The van der Waals surface area contributed by atoms with E-state index in [1.165, 1.54) is 0 Å². The highest BCUT2D eigenvalue weighted by Crippen LogP contribution is 2.46. The fourth-order valence-electron chi connectivity index (χ4n) is 4.08. The highest BCUT2D eigenvalue weighted by Gasteiger charge is 2.56. The number of carbonyl (C=O) groups excluding carboxylic acids is 2. The molecule has 0 bridgehead atoms. The SMILES string of the molecule is C[C@@H]1CN(C(=O)Cc2ccccn2)C[C@]12CCN(c1ccsc1)C2=O. The number of hydrogen-bond acceptors (Lipinski definition) is 4. The van der Waals surface area contributed by atoms with Crippen molar-refractivity contribution in [3.63, 3.8) is 0 Å². The Morgan fingerprint density at radius 3 is 3.00 bits per heavy atom. The van der Waals surface area contributed by atoms with Gasteiger partial charge in [-0.3, -0.25) is 14.6 Å². The van der Waals surface area contributed by atoms with Crippen molar-refractivity contribution >= 4 is 28.8 Å². The molecule has 2 aliphatic heterocycles. The van der Waals surface area contributed by atoms with E-state index >= 15 is 0 Å². The zero-order chi connectivity index (χ0) is 17.4. The van der Waals surface area contributed by atoms with Crippen molar-refractivity contribution in [2.75, 3.05) is 24.5 Å². The van der Waals surface area contributed by atoms with Gasteiger partial charge in [-0.15, -0.1) is 0 Å². The summed E-state index contributed by atoms with van der Waals surface area (Å²) in [6.07, 6.45) is 2.82. The standard InChI is InChI=1S/C19H21N3O2S/c1-14-11-21(17(23)10-15-4-2-3-7-20-15)13-19(14)6-8-22(18(19)24)16-5-9-25-12-16/h2-5,7,9,12,14H,6,8,10-11,13H2,1H3/t14-,19-/m1/s1. The monoisotopic (exact) mass is 355 g/mol. The van der Waals surface area contributed by atoms with Crippen LogP contribution < -0.4 is 4.90 Å². The Balaban J connectivity index is 1.49. The molecule has 2 aromatic heterocycles. The summed E-state index contributed by atoms with van der Waals surface area (Å²) in [6, 6.07) is 7.59. The molecule has 2 atom stereocenters. The molecule has 1 spiro atoms. The van der Waals surface area contributed by atoms with E-state index in [2.05, 4.69) is 11.9 Å². The van der Waals surface area contributed by atoms with Crippen LogP contribution in [0.25, 0.3) is 0 Å². The molecular formula is C19H21N3O2S. The van der Waals surface area contributed by atoms with E-state index in [0.717, 1.165) is 24.3 Å². The third-order valence-corrected chi connectivity index (χ3v) is 6.26. The number of hydrogen-bond donors (Lipinski definition) is 0. The van der Waals surface area contributed by atoms with Gasteiger partial charge in [0, 0.05) is 36.9 Å². The second kappa shape index (κ2) is 6.26. The van der Waals surface area contributed by atoms with Crippen LogP contribution in [0.15, 0.2) is 41.2 Å². The Morgan fingerprint density at radius 2 is 2.28 bits per heavy atom. The molecule has 0 N–H and O–H groups in total. The van der Waals surface area contributed by atoms with Crippen molar-refractivity contribution in [3.05, 3.63) is 46.9 Å².